The van der Waals surface area contributed by atoms with Crippen molar-refractivity contribution in [3.8, 4) is 11.5 Å². The zero-order valence-corrected chi connectivity index (χ0v) is 12.2. The van der Waals surface area contributed by atoms with Crippen LogP contribution in [0, 0.1) is 6.92 Å². The molecule has 0 spiro atoms. The smallest absolute Gasteiger partial charge is 0.238 e. The van der Waals surface area contributed by atoms with Gasteiger partial charge < -0.3 is 10.5 Å². The number of anilines is 1. The molecule has 0 fully saturated rings. The van der Waals surface area contributed by atoms with Gasteiger partial charge in [-0.15, -0.1) is 0 Å². The van der Waals surface area contributed by atoms with Crippen molar-refractivity contribution in [1.29, 1.82) is 0 Å². The first kappa shape index (κ1) is 14.6. The molecule has 0 bridgehead atoms. The quantitative estimate of drug-likeness (QED) is 0.852. The third-order valence-electron chi connectivity index (χ3n) is 2.67. The molecular formula is C13H13ClN2O3S. The summed E-state index contributed by atoms with van der Waals surface area (Å²) in [6, 6.07) is 9.57. The zero-order chi connectivity index (χ0) is 14.9. The van der Waals surface area contributed by atoms with Gasteiger partial charge in [0.05, 0.1) is 4.90 Å². The highest BCUT2D eigenvalue weighted by Crippen LogP contribution is 2.32. The molecule has 0 aliphatic heterocycles. The largest absolute Gasteiger partial charge is 0.457 e. The minimum atomic E-state index is -3.87. The minimum absolute atomic E-state index is 0.0606. The van der Waals surface area contributed by atoms with Crippen LogP contribution in [0.15, 0.2) is 41.3 Å². The fourth-order valence-corrected chi connectivity index (χ4v) is 2.75. The number of ether oxygens (including phenoxy) is 1. The lowest BCUT2D eigenvalue weighted by molar-refractivity contribution is 0.477. The molecule has 0 saturated heterocycles. The van der Waals surface area contributed by atoms with Crippen molar-refractivity contribution in [2.75, 3.05) is 5.73 Å². The number of sulfonamides is 1. The van der Waals surface area contributed by atoms with Gasteiger partial charge in [0.25, 0.3) is 0 Å². The van der Waals surface area contributed by atoms with Crippen LogP contribution in [0.4, 0.5) is 5.69 Å². The van der Waals surface area contributed by atoms with Gasteiger partial charge in [0.15, 0.2) is 0 Å². The molecule has 5 nitrogen and oxygen atoms in total. The Morgan fingerprint density at radius 3 is 2.50 bits per heavy atom. The van der Waals surface area contributed by atoms with E-state index in [1.165, 1.54) is 12.1 Å². The molecule has 2 rings (SSSR count). The maximum absolute atomic E-state index is 11.5. The number of hydrogen-bond acceptors (Lipinski definition) is 4. The van der Waals surface area contributed by atoms with E-state index < -0.39 is 10.0 Å². The molecule has 0 atom stereocenters. The van der Waals surface area contributed by atoms with Gasteiger partial charge in [-0.1, -0.05) is 17.7 Å². The van der Waals surface area contributed by atoms with Crippen molar-refractivity contribution in [3.05, 3.63) is 47.0 Å². The molecule has 0 aromatic heterocycles. The average molecular weight is 313 g/mol. The van der Waals surface area contributed by atoms with Crippen LogP contribution in [0.5, 0.6) is 11.5 Å². The summed E-state index contributed by atoms with van der Waals surface area (Å²) in [4.78, 5) is -0.0606. The van der Waals surface area contributed by atoms with E-state index in [0.29, 0.717) is 22.1 Å². The molecule has 0 aliphatic rings. The van der Waals surface area contributed by atoms with Gasteiger partial charge in [-0.25, -0.2) is 13.6 Å². The van der Waals surface area contributed by atoms with E-state index in [2.05, 4.69) is 0 Å². The molecule has 2 aromatic rings. The lowest BCUT2D eigenvalue weighted by atomic mass is 10.2. The zero-order valence-electron chi connectivity index (χ0n) is 10.6. The molecule has 7 heteroatoms. The number of benzene rings is 2. The second-order valence-electron chi connectivity index (χ2n) is 4.25. The highest BCUT2D eigenvalue weighted by molar-refractivity contribution is 7.89. The third kappa shape index (κ3) is 3.22. The third-order valence-corrected chi connectivity index (χ3v) is 3.94. The van der Waals surface area contributed by atoms with Crippen LogP contribution in [0.2, 0.25) is 5.02 Å². The monoisotopic (exact) mass is 312 g/mol. The van der Waals surface area contributed by atoms with Gasteiger partial charge in [-0.2, -0.15) is 0 Å². The van der Waals surface area contributed by atoms with Crippen molar-refractivity contribution in [1.82, 2.24) is 0 Å². The molecule has 106 valence electrons. The SMILES string of the molecule is Cc1c(Oc2cccc(Cl)c2)cc(N)cc1S(N)(=O)=O. The highest BCUT2D eigenvalue weighted by atomic mass is 35.5. The number of nitrogens with two attached hydrogens (primary N) is 2. The molecule has 0 heterocycles. The van der Waals surface area contributed by atoms with Gasteiger partial charge in [0.1, 0.15) is 11.5 Å². The van der Waals surface area contributed by atoms with E-state index in [4.69, 9.17) is 27.2 Å². The Labute approximate surface area is 122 Å². The van der Waals surface area contributed by atoms with Crippen molar-refractivity contribution in [2.45, 2.75) is 11.8 Å². The van der Waals surface area contributed by atoms with Crippen molar-refractivity contribution < 1.29 is 13.2 Å². The molecule has 0 saturated carbocycles. The highest BCUT2D eigenvalue weighted by Gasteiger charge is 2.16. The second kappa shape index (κ2) is 5.32. The summed E-state index contributed by atoms with van der Waals surface area (Å²) in [7, 11) is -3.87. The van der Waals surface area contributed by atoms with Crippen LogP contribution in [-0.2, 0) is 10.0 Å². The first-order chi connectivity index (χ1) is 9.27. The second-order valence-corrected chi connectivity index (χ2v) is 6.21. The Hall–Kier alpha value is -1.76. The summed E-state index contributed by atoms with van der Waals surface area (Å²) in [5, 5.41) is 5.66. The summed E-state index contributed by atoms with van der Waals surface area (Å²) in [6.07, 6.45) is 0. The van der Waals surface area contributed by atoms with Crippen molar-refractivity contribution in [2.24, 2.45) is 5.14 Å². The summed E-state index contributed by atoms with van der Waals surface area (Å²) < 4.78 is 28.6. The molecule has 0 aliphatic carbocycles. The van der Waals surface area contributed by atoms with Crippen LogP contribution in [-0.4, -0.2) is 8.42 Å². The summed E-state index contributed by atoms with van der Waals surface area (Å²) in [5.41, 5.74) is 6.32. The summed E-state index contributed by atoms with van der Waals surface area (Å²) in [5.74, 6) is 0.794. The predicted molar refractivity (Wildman–Crippen MR) is 78.5 cm³/mol. The molecule has 0 amide bonds. The van der Waals surface area contributed by atoms with E-state index in [1.54, 1.807) is 31.2 Å². The number of halogens is 1. The molecule has 0 radical (unpaired) electrons. The first-order valence-electron chi connectivity index (χ1n) is 5.64. The number of nitrogen functional groups attached to an aromatic ring is 1. The minimum Gasteiger partial charge on any atom is -0.457 e. The van der Waals surface area contributed by atoms with Gasteiger partial charge in [0, 0.05) is 22.3 Å². The van der Waals surface area contributed by atoms with Crippen LogP contribution in [0.1, 0.15) is 5.56 Å². The van der Waals surface area contributed by atoms with Crippen molar-refractivity contribution in [3.63, 3.8) is 0 Å². The van der Waals surface area contributed by atoms with Crippen LogP contribution >= 0.6 is 11.6 Å². The maximum atomic E-state index is 11.5. The van der Waals surface area contributed by atoms with Crippen LogP contribution in [0.25, 0.3) is 0 Å². The standard InChI is InChI=1S/C13H13ClN2O3S/c1-8-12(19-11-4-2-3-9(14)5-11)6-10(15)7-13(8)20(16,17)18/h2-7H,15H2,1H3,(H2,16,17,18). The normalized spacial score (nSPS) is 11.3. The Balaban J connectivity index is 2.50. The molecule has 20 heavy (non-hydrogen) atoms. The van der Waals surface area contributed by atoms with Crippen molar-refractivity contribution >= 4 is 27.3 Å². The predicted octanol–water partition coefficient (Wildman–Crippen LogP) is 2.67. The fraction of sp³-hybridized carbons (Fsp3) is 0.0769. The number of primary sulfonamides is 1. The van der Waals surface area contributed by atoms with E-state index in [9.17, 15) is 8.42 Å². The van der Waals surface area contributed by atoms with E-state index in [-0.39, 0.29) is 10.6 Å². The van der Waals surface area contributed by atoms with Gasteiger partial charge >= 0.3 is 0 Å². The van der Waals surface area contributed by atoms with E-state index >= 15 is 0 Å². The summed E-state index contributed by atoms with van der Waals surface area (Å²) >= 11 is 5.87. The Kier molecular flexibility index (Phi) is 3.89. The van der Waals surface area contributed by atoms with E-state index in [1.807, 2.05) is 0 Å². The summed E-state index contributed by atoms with van der Waals surface area (Å²) in [6.45, 7) is 1.60. The lowest BCUT2D eigenvalue weighted by Crippen LogP contribution is -2.14. The van der Waals surface area contributed by atoms with Gasteiger partial charge in [-0.3, -0.25) is 0 Å². The topological polar surface area (TPSA) is 95.4 Å². The molecule has 4 N–H and O–H groups in total. The lowest BCUT2D eigenvalue weighted by Gasteiger charge is -2.13. The molecular weight excluding hydrogens is 300 g/mol. The Morgan fingerprint density at radius 2 is 1.90 bits per heavy atom. The number of rotatable bonds is 3. The first-order valence-corrected chi connectivity index (χ1v) is 7.56. The molecule has 0 unspecified atom stereocenters. The molecule has 2 aromatic carbocycles. The van der Waals surface area contributed by atoms with Crippen LogP contribution < -0.4 is 15.6 Å². The van der Waals surface area contributed by atoms with Gasteiger partial charge in [0.2, 0.25) is 10.0 Å². The Morgan fingerprint density at radius 1 is 1.20 bits per heavy atom. The van der Waals surface area contributed by atoms with Gasteiger partial charge in [-0.05, 0) is 31.2 Å². The van der Waals surface area contributed by atoms with Crippen LogP contribution in [0.3, 0.4) is 0 Å². The van der Waals surface area contributed by atoms with E-state index in [0.717, 1.165) is 0 Å². The average Bonchev–Trinajstić information content (AvgIpc) is 2.32. The number of hydrogen-bond donors (Lipinski definition) is 2. The fourth-order valence-electron chi connectivity index (χ4n) is 1.74. The Bertz CT molecular complexity index is 760. The maximum Gasteiger partial charge on any atom is 0.238 e.